The van der Waals surface area contributed by atoms with Crippen LogP contribution in [0.2, 0.25) is 0 Å². The zero-order valence-corrected chi connectivity index (χ0v) is 6.91. The molecule has 0 aliphatic heterocycles. The van der Waals surface area contributed by atoms with E-state index in [-0.39, 0.29) is 6.10 Å². The van der Waals surface area contributed by atoms with Crippen LogP contribution in [0.1, 0.15) is 32.1 Å². The molecule has 0 spiro atoms. The molecule has 0 aromatic carbocycles. The molecule has 1 aliphatic rings. The highest BCUT2D eigenvalue weighted by atomic mass is 16.6. The lowest BCUT2D eigenvalue weighted by Crippen LogP contribution is -2.28. The predicted octanol–water partition coefficient (Wildman–Crippen LogP) is 1.20. The van der Waals surface area contributed by atoms with E-state index in [1.54, 1.807) is 0 Å². The molecular weight excluding hydrogens is 158 g/mol. The van der Waals surface area contributed by atoms with Crippen LogP contribution in [0.25, 0.3) is 0 Å². The number of nitrogens with one attached hydrogen (secondary N) is 1. The summed E-state index contributed by atoms with van der Waals surface area (Å²) >= 11 is 0. The molecule has 0 saturated heterocycles. The summed E-state index contributed by atoms with van der Waals surface area (Å²) in [6.45, 7) is 0. The summed E-state index contributed by atoms with van der Waals surface area (Å²) in [5.74, 6) is 0. The highest BCUT2D eigenvalue weighted by molar-refractivity contribution is 5.79. The number of ether oxygens (including phenoxy) is 1. The third kappa shape index (κ3) is 2.90. The van der Waals surface area contributed by atoms with E-state index in [1.807, 2.05) is 5.32 Å². The number of imide groups is 1. The molecule has 68 valence electrons. The van der Waals surface area contributed by atoms with Gasteiger partial charge in [-0.1, -0.05) is 6.42 Å². The first-order valence-electron chi connectivity index (χ1n) is 4.23. The standard InChI is InChI=1S/C8H13NO3/c10-6-9-8(11)12-7-4-2-1-3-5-7/h6-7H,1-5H2,(H,9,10,11). The van der Waals surface area contributed by atoms with Crippen LogP contribution in [0.15, 0.2) is 0 Å². The lowest BCUT2D eigenvalue weighted by Gasteiger charge is -2.20. The Balaban J connectivity index is 2.19. The second kappa shape index (κ2) is 4.74. The quantitative estimate of drug-likeness (QED) is 0.635. The average molecular weight is 171 g/mol. The maximum Gasteiger partial charge on any atom is 0.413 e. The number of carbonyl (C=O) groups is 2. The monoisotopic (exact) mass is 171 g/mol. The highest BCUT2D eigenvalue weighted by Crippen LogP contribution is 2.19. The van der Waals surface area contributed by atoms with E-state index >= 15 is 0 Å². The van der Waals surface area contributed by atoms with Gasteiger partial charge in [0.25, 0.3) is 0 Å². The Hall–Kier alpha value is -1.06. The third-order valence-electron chi connectivity index (χ3n) is 2.00. The normalized spacial score (nSPS) is 18.3. The molecule has 12 heavy (non-hydrogen) atoms. The highest BCUT2D eigenvalue weighted by Gasteiger charge is 2.16. The Kier molecular flexibility index (Phi) is 3.57. The molecule has 0 bridgehead atoms. The van der Waals surface area contributed by atoms with Crippen molar-refractivity contribution in [3.8, 4) is 0 Å². The van der Waals surface area contributed by atoms with Crippen molar-refractivity contribution in [2.45, 2.75) is 38.2 Å². The van der Waals surface area contributed by atoms with Gasteiger partial charge in [0.05, 0.1) is 0 Å². The molecule has 0 aromatic heterocycles. The van der Waals surface area contributed by atoms with Crippen molar-refractivity contribution in [2.24, 2.45) is 0 Å². The average Bonchev–Trinajstić information content (AvgIpc) is 2.06. The Bertz CT molecular complexity index is 164. The van der Waals surface area contributed by atoms with Crippen molar-refractivity contribution in [2.75, 3.05) is 0 Å². The van der Waals surface area contributed by atoms with E-state index in [4.69, 9.17) is 4.74 Å². The molecule has 0 unspecified atom stereocenters. The Morgan fingerprint density at radius 1 is 1.33 bits per heavy atom. The zero-order chi connectivity index (χ0) is 8.81. The Morgan fingerprint density at radius 3 is 2.58 bits per heavy atom. The van der Waals surface area contributed by atoms with Gasteiger partial charge in [-0.2, -0.15) is 0 Å². The summed E-state index contributed by atoms with van der Waals surface area (Å²) < 4.78 is 4.95. The third-order valence-corrected chi connectivity index (χ3v) is 2.00. The van der Waals surface area contributed by atoms with Gasteiger partial charge in [-0.15, -0.1) is 0 Å². The first kappa shape index (κ1) is 9.03. The van der Waals surface area contributed by atoms with Crippen molar-refractivity contribution in [3.63, 3.8) is 0 Å². The van der Waals surface area contributed by atoms with Crippen molar-refractivity contribution in [1.29, 1.82) is 0 Å². The van der Waals surface area contributed by atoms with Gasteiger partial charge in [0.1, 0.15) is 6.10 Å². The minimum atomic E-state index is -0.628. The van der Waals surface area contributed by atoms with Crippen LogP contribution in [0.5, 0.6) is 0 Å². The van der Waals surface area contributed by atoms with Crippen LogP contribution in [-0.4, -0.2) is 18.6 Å². The molecule has 0 heterocycles. The topological polar surface area (TPSA) is 55.4 Å². The second-order valence-corrected chi connectivity index (χ2v) is 2.93. The molecule has 2 amide bonds. The molecule has 0 aromatic rings. The van der Waals surface area contributed by atoms with E-state index in [1.165, 1.54) is 6.42 Å². The zero-order valence-electron chi connectivity index (χ0n) is 6.91. The summed E-state index contributed by atoms with van der Waals surface area (Å²) in [7, 11) is 0. The van der Waals surface area contributed by atoms with E-state index in [2.05, 4.69) is 0 Å². The SMILES string of the molecule is O=CNC(=O)OC1CCCCC1. The lowest BCUT2D eigenvalue weighted by atomic mass is 9.98. The van der Waals surface area contributed by atoms with E-state index in [9.17, 15) is 9.59 Å². The molecule has 0 atom stereocenters. The van der Waals surface area contributed by atoms with Crippen molar-refractivity contribution < 1.29 is 14.3 Å². The van der Waals surface area contributed by atoms with Crippen LogP contribution in [0.3, 0.4) is 0 Å². The van der Waals surface area contributed by atoms with Gasteiger partial charge in [0.2, 0.25) is 6.41 Å². The van der Waals surface area contributed by atoms with Crippen LogP contribution >= 0.6 is 0 Å². The van der Waals surface area contributed by atoms with Gasteiger partial charge in [-0.3, -0.25) is 10.1 Å². The van der Waals surface area contributed by atoms with Gasteiger partial charge >= 0.3 is 6.09 Å². The van der Waals surface area contributed by atoms with Gasteiger partial charge in [0, 0.05) is 0 Å². The summed E-state index contributed by atoms with van der Waals surface area (Å²) in [5.41, 5.74) is 0. The number of amides is 2. The fourth-order valence-electron chi connectivity index (χ4n) is 1.42. The van der Waals surface area contributed by atoms with Gasteiger partial charge in [0.15, 0.2) is 0 Å². The first-order valence-corrected chi connectivity index (χ1v) is 4.23. The maximum atomic E-state index is 10.7. The minimum absolute atomic E-state index is 0.0127. The molecular formula is C8H13NO3. The van der Waals surface area contributed by atoms with Crippen LogP contribution in [-0.2, 0) is 9.53 Å². The number of alkyl carbamates (subject to hydrolysis) is 1. The summed E-state index contributed by atoms with van der Waals surface area (Å²) in [4.78, 5) is 20.6. The smallest absolute Gasteiger partial charge is 0.413 e. The number of carbonyl (C=O) groups excluding carboxylic acids is 2. The number of rotatable bonds is 2. The van der Waals surface area contributed by atoms with Crippen molar-refractivity contribution in [1.82, 2.24) is 5.32 Å². The molecule has 1 N–H and O–H groups in total. The largest absolute Gasteiger partial charge is 0.446 e. The summed E-state index contributed by atoms with van der Waals surface area (Å²) in [6.07, 6.45) is 5.01. The molecule has 1 fully saturated rings. The van der Waals surface area contributed by atoms with E-state index < -0.39 is 6.09 Å². The fraction of sp³-hybridized carbons (Fsp3) is 0.750. The molecule has 4 heteroatoms. The second-order valence-electron chi connectivity index (χ2n) is 2.93. The molecule has 1 aliphatic carbocycles. The van der Waals surface area contributed by atoms with E-state index in [0.29, 0.717) is 6.41 Å². The van der Waals surface area contributed by atoms with Gasteiger partial charge in [-0.05, 0) is 25.7 Å². The first-order chi connectivity index (χ1) is 5.83. The van der Waals surface area contributed by atoms with E-state index in [0.717, 1.165) is 25.7 Å². The van der Waals surface area contributed by atoms with Crippen LogP contribution in [0, 0.1) is 0 Å². The van der Waals surface area contributed by atoms with Crippen molar-refractivity contribution in [3.05, 3.63) is 0 Å². The predicted molar refractivity (Wildman–Crippen MR) is 42.6 cm³/mol. The van der Waals surface area contributed by atoms with Crippen LogP contribution < -0.4 is 5.32 Å². The van der Waals surface area contributed by atoms with Gasteiger partial charge < -0.3 is 4.74 Å². The lowest BCUT2D eigenvalue weighted by molar-refractivity contribution is -0.109. The molecule has 4 nitrogen and oxygen atoms in total. The molecule has 0 radical (unpaired) electrons. The minimum Gasteiger partial charge on any atom is -0.446 e. The molecule has 1 saturated carbocycles. The van der Waals surface area contributed by atoms with Crippen molar-refractivity contribution >= 4 is 12.5 Å². The van der Waals surface area contributed by atoms with Crippen LogP contribution in [0.4, 0.5) is 4.79 Å². The Labute approximate surface area is 71.3 Å². The number of hydrogen-bond acceptors (Lipinski definition) is 3. The maximum absolute atomic E-state index is 10.7. The Morgan fingerprint density at radius 2 is 2.00 bits per heavy atom. The summed E-state index contributed by atoms with van der Waals surface area (Å²) in [5, 5.41) is 1.95. The fourth-order valence-corrected chi connectivity index (χ4v) is 1.42. The number of hydrogen-bond donors (Lipinski definition) is 1. The summed E-state index contributed by atoms with van der Waals surface area (Å²) in [6, 6.07) is 0. The van der Waals surface area contributed by atoms with Gasteiger partial charge in [-0.25, -0.2) is 4.79 Å². The molecule has 1 rings (SSSR count).